The summed E-state index contributed by atoms with van der Waals surface area (Å²) in [7, 11) is -1.84. The van der Waals surface area contributed by atoms with Crippen LogP contribution in [-0.2, 0) is 10.0 Å². The molecule has 1 aromatic rings. The molecule has 1 amide bonds. The summed E-state index contributed by atoms with van der Waals surface area (Å²) in [5.41, 5.74) is 2.12. The van der Waals surface area contributed by atoms with Crippen LogP contribution in [0.2, 0.25) is 0 Å². The van der Waals surface area contributed by atoms with Gasteiger partial charge in [-0.3, -0.25) is 4.79 Å². The summed E-state index contributed by atoms with van der Waals surface area (Å²) in [6, 6.07) is 5.41. The molecule has 0 aliphatic heterocycles. The lowest BCUT2D eigenvalue weighted by molar-refractivity contribution is 0.0957. The predicted molar refractivity (Wildman–Crippen MR) is 71.0 cm³/mol. The second-order valence-corrected chi connectivity index (χ2v) is 5.66. The van der Waals surface area contributed by atoms with E-state index in [1.54, 1.807) is 19.2 Å². The summed E-state index contributed by atoms with van der Waals surface area (Å²) in [4.78, 5) is 11.9. The van der Waals surface area contributed by atoms with Crippen molar-refractivity contribution in [3.8, 4) is 0 Å². The number of hydrogen-bond donors (Lipinski definition) is 3. The standard InChI is InChI=1S/C11H17N3O3S/c1-8-3-4-10(13-2)9(7-8)11(15)14-5-6-18(12,16)17/h3-4,7,13H,5-6H2,1-2H3,(H,14,15)(H2,12,16,17). The minimum atomic E-state index is -3.56. The third-order valence-corrected chi connectivity index (χ3v) is 3.13. The molecule has 0 fully saturated rings. The smallest absolute Gasteiger partial charge is 0.253 e. The van der Waals surface area contributed by atoms with Gasteiger partial charge >= 0.3 is 0 Å². The minimum absolute atomic E-state index is 0.00520. The number of aryl methyl sites for hydroxylation is 1. The van der Waals surface area contributed by atoms with E-state index in [0.29, 0.717) is 11.3 Å². The molecule has 0 bridgehead atoms. The lowest BCUT2D eigenvalue weighted by Crippen LogP contribution is -2.31. The molecule has 0 unspecified atom stereocenters. The highest BCUT2D eigenvalue weighted by Crippen LogP contribution is 2.16. The summed E-state index contributed by atoms with van der Waals surface area (Å²) >= 11 is 0. The van der Waals surface area contributed by atoms with Gasteiger partial charge in [0.15, 0.2) is 0 Å². The Kier molecular flexibility index (Phi) is 4.69. The van der Waals surface area contributed by atoms with E-state index in [4.69, 9.17) is 5.14 Å². The van der Waals surface area contributed by atoms with E-state index in [2.05, 4.69) is 10.6 Å². The topological polar surface area (TPSA) is 101 Å². The Hall–Kier alpha value is -1.60. The molecule has 1 rings (SSSR count). The van der Waals surface area contributed by atoms with Crippen LogP contribution < -0.4 is 15.8 Å². The number of carbonyl (C=O) groups excluding carboxylic acids is 1. The number of primary sulfonamides is 1. The number of amides is 1. The molecule has 0 aliphatic carbocycles. The Bertz CT molecular complexity index is 540. The summed E-state index contributed by atoms with van der Waals surface area (Å²) in [5.74, 6) is -0.605. The highest BCUT2D eigenvalue weighted by Gasteiger charge is 2.11. The summed E-state index contributed by atoms with van der Waals surface area (Å²) in [5, 5.41) is 10.3. The van der Waals surface area contributed by atoms with Crippen molar-refractivity contribution in [2.24, 2.45) is 5.14 Å². The highest BCUT2D eigenvalue weighted by atomic mass is 32.2. The van der Waals surface area contributed by atoms with E-state index in [1.165, 1.54) is 0 Å². The molecule has 0 saturated heterocycles. The number of sulfonamides is 1. The van der Waals surface area contributed by atoms with E-state index in [9.17, 15) is 13.2 Å². The molecular formula is C11H17N3O3S. The van der Waals surface area contributed by atoms with Gasteiger partial charge in [0.05, 0.1) is 11.3 Å². The summed E-state index contributed by atoms with van der Waals surface area (Å²) < 4.78 is 21.5. The maximum absolute atomic E-state index is 11.9. The number of hydrogen-bond acceptors (Lipinski definition) is 4. The second kappa shape index (κ2) is 5.83. The average molecular weight is 271 g/mol. The van der Waals surface area contributed by atoms with Crippen molar-refractivity contribution in [1.29, 1.82) is 0 Å². The summed E-state index contributed by atoms with van der Waals surface area (Å²) in [6.07, 6.45) is 0. The van der Waals surface area contributed by atoms with Crippen molar-refractivity contribution in [2.75, 3.05) is 24.7 Å². The van der Waals surface area contributed by atoms with Gasteiger partial charge < -0.3 is 10.6 Å². The van der Waals surface area contributed by atoms with Gasteiger partial charge in [-0.15, -0.1) is 0 Å². The zero-order chi connectivity index (χ0) is 13.8. The molecule has 0 saturated carbocycles. The molecule has 0 aliphatic rings. The Labute approximate surface area is 107 Å². The molecule has 0 radical (unpaired) electrons. The van der Waals surface area contributed by atoms with Crippen molar-refractivity contribution in [1.82, 2.24) is 5.32 Å². The predicted octanol–water partition coefficient (Wildman–Crippen LogP) is 0.0550. The quantitative estimate of drug-likeness (QED) is 0.704. The van der Waals surface area contributed by atoms with Crippen LogP contribution in [0.15, 0.2) is 18.2 Å². The molecular weight excluding hydrogens is 254 g/mol. The second-order valence-electron chi connectivity index (χ2n) is 3.92. The molecule has 0 heterocycles. The van der Waals surface area contributed by atoms with Crippen LogP contribution in [0.25, 0.3) is 0 Å². The summed E-state index contributed by atoms with van der Waals surface area (Å²) in [6.45, 7) is 1.87. The highest BCUT2D eigenvalue weighted by molar-refractivity contribution is 7.89. The first kappa shape index (κ1) is 14.5. The Morgan fingerprint density at radius 2 is 2.06 bits per heavy atom. The molecule has 100 valence electrons. The van der Waals surface area contributed by atoms with Gasteiger partial charge in [0, 0.05) is 19.3 Å². The van der Waals surface area contributed by atoms with Gasteiger partial charge in [0.25, 0.3) is 5.91 Å². The van der Waals surface area contributed by atoms with Crippen molar-refractivity contribution >= 4 is 21.6 Å². The molecule has 7 heteroatoms. The van der Waals surface area contributed by atoms with E-state index in [-0.39, 0.29) is 18.2 Å². The van der Waals surface area contributed by atoms with Gasteiger partial charge in [-0.05, 0) is 19.1 Å². The lowest BCUT2D eigenvalue weighted by Gasteiger charge is -2.10. The van der Waals surface area contributed by atoms with E-state index in [1.807, 2.05) is 13.0 Å². The van der Waals surface area contributed by atoms with Crippen molar-refractivity contribution in [3.05, 3.63) is 29.3 Å². The van der Waals surface area contributed by atoms with Crippen LogP contribution in [0.1, 0.15) is 15.9 Å². The SMILES string of the molecule is CNc1ccc(C)cc1C(=O)NCCS(N)(=O)=O. The minimum Gasteiger partial charge on any atom is -0.387 e. The largest absolute Gasteiger partial charge is 0.387 e. The fraction of sp³-hybridized carbons (Fsp3) is 0.364. The van der Waals surface area contributed by atoms with Crippen molar-refractivity contribution in [2.45, 2.75) is 6.92 Å². The number of rotatable bonds is 5. The zero-order valence-corrected chi connectivity index (χ0v) is 11.2. The Balaban J connectivity index is 2.75. The molecule has 6 nitrogen and oxygen atoms in total. The fourth-order valence-electron chi connectivity index (χ4n) is 1.47. The molecule has 0 spiro atoms. The molecule has 0 atom stereocenters. The maximum atomic E-state index is 11.9. The molecule has 1 aromatic carbocycles. The third-order valence-electron chi connectivity index (χ3n) is 2.36. The van der Waals surface area contributed by atoms with Crippen LogP contribution in [-0.4, -0.2) is 33.7 Å². The molecule has 18 heavy (non-hydrogen) atoms. The van der Waals surface area contributed by atoms with Gasteiger partial charge in [0.2, 0.25) is 10.0 Å². The van der Waals surface area contributed by atoms with E-state index in [0.717, 1.165) is 5.56 Å². The van der Waals surface area contributed by atoms with Crippen LogP contribution in [0.4, 0.5) is 5.69 Å². The maximum Gasteiger partial charge on any atom is 0.253 e. The normalized spacial score (nSPS) is 11.1. The number of benzene rings is 1. The third kappa shape index (κ3) is 4.34. The monoisotopic (exact) mass is 271 g/mol. The lowest BCUT2D eigenvalue weighted by atomic mass is 10.1. The number of nitrogens with two attached hydrogens (primary N) is 1. The first-order valence-electron chi connectivity index (χ1n) is 5.40. The van der Waals surface area contributed by atoms with Crippen LogP contribution in [0, 0.1) is 6.92 Å². The van der Waals surface area contributed by atoms with Crippen LogP contribution in [0.3, 0.4) is 0 Å². The number of nitrogens with one attached hydrogen (secondary N) is 2. The number of anilines is 1. The zero-order valence-electron chi connectivity index (χ0n) is 10.4. The van der Waals surface area contributed by atoms with Crippen molar-refractivity contribution in [3.63, 3.8) is 0 Å². The van der Waals surface area contributed by atoms with Gasteiger partial charge in [0.1, 0.15) is 0 Å². The van der Waals surface area contributed by atoms with Crippen LogP contribution >= 0.6 is 0 Å². The van der Waals surface area contributed by atoms with Gasteiger partial charge in [-0.1, -0.05) is 11.6 Å². The average Bonchev–Trinajstić information content (AvgIpc) is 2.27. The van der Waals surface area contributed by atoms with E-state index < -0.39 is 10.0 Å². The van der Waals surface area contributed by atoms with E-state index >= 15 is 0 Å². The van der Waals surface area contributed by atoms with Crippen LogP contribution in [0.5, 0.6) is 0 Å². The first-order chi connectivity index (χ1) is 8.33. The first-order valence-corrected chi connectivity index (χ1v) is 7.12. The van der Waals surface area contributed by atoms with Crippen molar-refractivity contribution < 1.29 is 13.2 Å². The Morgan fingerprint density at radius 1 is 1.39 bits per heavy atom. The fourth-order valence-corrected chi connectivity index (χ4v) is 1.85. The number of carbonyl (C=O) groups is 1. The van der Waals surface area contributed by atoms with Gasteiger partial charge in [-0.2, -0.15) is 0 Å². The molecule has 4 N–H and O–H groups in total. The Morgan fingerprint density at radius 3 is 2.61 bits per heavy atom. The van der Waals surface area contributed by atoms with Gasteiger partial charge in [-0.25, -0.2) is 13.6 Å². The molecule has 0 aromatic heterocycles.